The highest BCUT2D eigenvalue weighted by molar-refractivity contribution is 8.14. The fourth-order valence-electron chi connectivity index (χ4n) is 3.24. The molecule has 1 aromatic carbocycles. The van der Waals surface area contributed by atoms with Crippen molar-refractivity contribution in [3.05, 3.63) is 42.0 Å². The van der Waals surface area contributed by atoms with Crippen LogP contribution < -0.4 is 10.1 Å². The van der Waals surface area contributed by atoms with Gasteiger partial charge in [0.2, 0.25) is 0 Å². The maximum Gasteiger partial charge on any atom is 0.165 e. The second kappa shape index (κ2) is 8.66. The molecule has 0 bridgehead atoms. The number of aromatic nitrogens is 3. The summed E-state index contributed by atoms with van der Waals surface area (Å²) >= 11 is 1.40. The van der Waals surface area contributed by atoms with Gasteiger partial charge in [-0.2, -0.15) is 0 Å². The lowest BCUT2D eigenvalue weighted by molar-refractivity contribution is -0.160. The summed E-state index contributed by atoms with van der Waals surface area (Å²) in [6, 6.07) is 5.70. The topological polar surface area (TPSA) is 114 Å². The molecule has 29 heavy (non-hydrogen) atoms. The van der Waals surface area contributed by atoms with E-state index in [1.807, 2.05) is 6.92 Å². The summed E-state index contributed by atoms with van der Waals surface area (Å²) in [5.41, 5.74) is 0.155. The SMILES string of the molecule is CCN=C1NC2C(OC(Cn3cc(COc4ccccc4F)nn3)C(O)C2O)S1. The van der Waals surface area contributed by atoms with Gasteiger partial charge in [-0.1, -0.05) is 29.1 Å². The third-order valence-corrected chi connectivity index (χ3v) is 5.79. The Morgan fingerprint density at radius 3 is 2.97 bits per heavy atom. The Balaban J connectivity index is 1.37. The van der Waals surface area contributed by atoms with E-state index in [1.165, 1.54) is 28.6 Å². The number of rotatable bonds is 6. The van der Waals surface area contributed by atoms with Crippen molar-refractivity contribution in [2.45, 2.75) is 49.9 Å². The molecule has 11 heteroatoms. The molecule has 0 spiro atoms. The van der Waals surface area contributed by atoms with Crippen molar-refractivity contribution < 1.29 is 24.1 Å². The van der Waals surface area contributed by atoms with Gasteiger partial charge >= 0.3 is 0 Å². The number of para-hydroxylation sites is 1. The van der Waals surface area contributed by atoms with Crippen molar-refractivity contribution in [1.29, 1.82) is 0 Å². The minimum Gasteiger partial charge on any atom is -0.484 e. The number of hydrogen-bond acceptors (Lipinski definition) is 8. The fourth-order valence-corrected chi connectivity index (χ4v) is 4.44. The molecule has 2 fully saturated rings. The highest BCUT2D eigenvalue weighted by Gasteiger charge is 2.49. The first-order chi connectivity index (χ1) is 14.0. The maximum absolute atomic E-state index is 13.6. The van der Waals surface area contributed by atoms with Crippen LogP contribution in [0.15, 0.2) is 35.5 Å². The van der Waals surface area contributed by atoms with Gasteiger partial charge in [0.15, 0.2) is 16.7 Å². The molecule has 0 saturated carbocycles. The van der Waals surface area contributed by atoms with Gasteiger partial charge < -0.3 is 25.0 Å². The number of halogens is 1. The molecule has 0 amide bonds. The monoisotopic (exact) mass is 423 g/mol. The van der Waals surface area contributed by atoms with Gasteiger partial charge in [-0.05, 0) is 19.1 Å². The lowest BCUT2D eigenvalue weighted by Gasteiger charge is -2.38. The molecule has 3 heterocycles. The van der Waals surface area contributed by atoms with E-state index >= 15 is 0 Å². The molecule has 1 aromatic heterocycles. The zero-order valence-electron chi connectivity index (χ0n) is 15.7. The van der Waals surface area contributed by atoms with Gasteiger partial charge in [-0.3, -0.25) is 4.99 Å². The number of ether oxygens (including phenoxy) is 2. The number of nitrogens with zero attached hydrogens (tertiary/aromatic N) is 4. The van der Waals surface area contributed by atoms with Crippen molar-refractivity contribution in [3.8, 4) is 5.75 Å². The predicted molar refractivity (Wildman–Crippen MR) is 104 cm³/mol. The molecule has 9 nitrogen and oxygen atoms in total. The molecule has 2 aliphatic heterocycles. The second-order valence-corrected chi connectivity index (χ2v) is 7.83. The highest BCUT2D eigenvalue weighted by atomic mass is 32.2. The minimum absolute atomic E-state index is 0.0545. The number of hydrogen-bond donors (Lipinski definition) is 3. The highest BCUT2D eigenvalue weighted by Crippen LogP contribution is 2.34. The standard InChI is InChI=1S/C18H22FN5O4S/c1-2-20-18-21-14-16(26)15(25)13(28-17(14)29-18)8-24-7-10(22-23-24)9-27-12-6-4-3-5-11(12)19/h3-7,13-17,25-26H,2,8-9H2,1H3,(H,20,21). The van der Waals surface area contributed by atoms with Crippen LogP contribution in [-0.2, 0) is 17.9 Å². The quantitative estimate of drug-likeness (QED) is 0.616. The molecule has 156 valence electrons. The van der Waals surface area contributed by atoms with Gasteiger partial charge in [0, 0.05) is 6.54 Å². The lowest BCUT2D eigenvalue weighted by Crippen LogP contribution is -2.59. The van der Waals surface area contributed by atoms with Crippen LogP contribution in [0.3, 0.4) is 0 Å². The number of amidine groups is 1. The van der Waals surface area contributed by atoms with E-state index in [2.05, 4.69) is 20.6 Å². The smallest absolute Gasteiger partial charge is 0.165 e. The first-order valence-corrected chi connectivity index (χ1v) is 10.2. The summed E-state index contributed by atoms with van der Waals surface area (Å²) in [4.78, 5) is 4.30. The number of aliphatic imine (C=N–C) groups is 1. The maximum atomic E-state index is 13.6. The molecule has 4 rings (SSSR count). The summed E-state index contributed by atoms with van der Waals surface area (Å²) in [7, 11) is 0. The summed E-state index contributed by atoms with van der Waals surface area (Å²) in [6.45, 7) is 2.80. The van der Waals surface area contributed by atoms with Gasteiger partial charge in [0.05, 0.1) is 18.8 Å². The van der Waals surface area contributed by atoms with Crippen LogP contribution in [0.4, 0.5) is 4.39 Å². The van der Waals surface area contributed by atoms with Crippen LogP contribution in [0.2, 0.25) is 0 Å². The first-order valence-electron chi connectivity index (χ1n) is 9.30. The molecule has 0 radical (unpaired) electrons. The lowest BCUT2D eigenvalue weighted by atomic mass is 9.98. The van der Waals surface area contributed by atoms with Crippen LogP contribution in [0, 0.1) is 5.82 Å². The Morgan fingerprint density at radius 2 is 2.17 bits per heavy atom. The average Bonchev–Trinajstić information content (AvgIpc) is 3.32. The normalized spacial score (nSPS) is 30.2. The largest absolute Gasteiger partial charge is 0.484 e. The second-order valence-electron chi connectivity index (χ2n) is 6.74. The van der Waals surface area contributed by atoms with Crippen LogP contribution in [0.5, 0.6) is 5.75 Å². The van der Waals surface area contributed by atoms with E-state index in [1.54, 1.807) is 18.3 Å². The minimum atomic E-state index is -1.09. The van der Waals surface area contributed by atoms with Gasteiger partial charge in [0.25, 0.3) is 0 Å². The van der Waals surface area contributed by atoms with Gasteiger partial charge in [-0.15, -0.1) is 5.10 Å². The molecular formula is C18H22FN5O4S. The van der Waals surface area contributed by atoms with E-state index in [4.69, 9.17) is 9.47 Å². The number of aliphatic hydroxyl groups excluding tert-OH is 2. The Hall–Kier alpha value is -2.21. The van der Waals surface area contributed by atoms with E-state index in [9.17, 15) is 14.6 Å². The average molecular weight is 423 g/mol. The molecule has 5 atom stereocenters. The molecule has 3 N–H and O–H groups in total. The van der Waals surface area contributed by atoms with Crippen molar-refractivity contribution in [1.82, 2.24) is 20.3 Å². The zero-order chi connectivity index (χ0) is 20.4. The third-order valence-electron chi connectivity index (χ3n) is 4.69. The summed E-state index contributed by atoms with van der Waals surface area (Å²) < 4.78 is 26.5. The van der Waals surface area contributed by atoms with E-state index in [0.717, 1.165) is 0 Å². The van der Waals surface area contributed by atoms with Crippen LogP contribution in [0.25, 0.3) is 0 Å². The molecular weight excluding hydrogens is 401 g/mol. The molecule has 0 aliphatic carbocycles. The van der Waals surface area contributed by atoms with Crippen LogP contribution >= 0.6 is 11.8 Å². The molecule has 5 unspecified atom stereocenters. The van der Waals surface area contributed by atoms with E-state index in [0.29, 0.717) is 17.4 Å². The zero-order valence-corrected chi connectivity index (χ0v) is 16.5. The summed E-state index contributed by atoms with van der Waals surface area (Å²) in [6.07, 6.45) is -1.11. The Morgan fingerprint density at radius 1 is 1.34 bits per heavy atom. The number of aliphatic hydroxyl groups is 2. The van der Waals surface area contributed by atoms with Crippen molar-refractivity contribution in [2.24, 2.45) is 4.99 Å². The number of benzene rings is 1. The van der Waals surface area contributed by atoms with E-state index < -0.39 is 30.2 Å². The molecule has 2 aliphatic rings. The predicted octanol–water partition coefficient (Wildman–Crippen LogP) is 0.524. The van der Waals surface area contributed by atoms with Gasteiger partial charge in [-0.25, -0.2) is 9.07 Å². The van der Waals surface area contributed by atoms with E-state index in [-0.39, 0.29) is 24.3 Å². The van der Waals surface area contributed by atoms with Crippen molar-refractivity contribution in [2.75, 3.05) is 6.54 Å². The Kier molecular flexibility index (Phi) is 5.99. The Bertz CT molecular complexity index is 881. The molecule has 2 aromatic rings. The molecule has 2 saturated heterocycles. The van der Waals surface area contributed by atoms with Crippen molar-refractivity contribution >= 4 is 16.9 Å². The number of thioether (sulfide) groups is 1. The summed E-state index contributed by atoms with van der Waals surface area (Å²) in [5.74, 6) is -0.312. The van der Waals surface area contributed by atoms with Crippen molar-refractivity contribution in [3.63, 3.8) is 0 Å². The summed E-state index contributed by atoms with van der Waals surface area (Å²) in [5, 5.41) is 32.7. The van der Waals surface area contributed by atoms with Crippen LogP contribution in [0.1, 0.15) is 12.6 Å². The van der Waals surface area contributed by atoms with Gasteiger partial charge in [0.1, 0.15) is 36.0 Å². The Labute approximate surface area is 170 Å². The first kappa shape index (κ1) is 20.1. The fraction of sp³-hybridized carbons (Fsp3) is 0.500. The number of fused-ring (bicyclic) bond motifs is 1. The number of nitrogens with one attached hydrogen (secondary N) is 1. The third kappa shape index (κ3) is 4.37. The van der Waals surface area contributed by atoms with Crippen LogP contribution in [-0.4, -0.2) is 66.7 Å².